The van der Waals surface area contributed by atoms with Gasteiger partial charge in [-0.25, -0.2) is 0 Å². The van der Waals surface area contributed by atoms with Crippen molar-refractivity contribution in [2.24, 2.45) is 0 Å². The van der Waals surface area contributed by atoms with Gasteiger partial charge in [0, 0.05) is 38.1 Å². The Balaban J connectivity index is 1.60. The number of carbonyl (C=O) groups excluding carboxylic acids is 1. The molecule has 0 aromatic carbocycles. The second kappa shape index (κ2) is 4.00. The molecule has 0 radical (unpaired) electrons. The lowest BCUT2D eigenvalue weighted by atomic mass is 9.85. The van der Waals surface area contributed by atoms with Gasteiger partial charge >= 0.3 is 0 Å². The Bertz CT molecular complexity index is 276. The Hall–Kier alpha value is -0.610. The molecule has 4 heterocycles. The zero-order valence-electron chi connectivity index (χ0n) is 9.98. The summed E-state index contributed by atoms with van der Waals surface area (Å²) in [5, 5.41) is 3.41. The Kier molecular flexibility index (Phi) is 2.64. The van der Waals surface area contributed by atoms with Crippen molar-refractivity contribution < 1.29 is 4.79 Å². The average Bonchev–Trinajstić information content (AvgIpc) is 2.29. The van der Waals surface area contributed by atoms with Gasteiger partial charge in [-0.2, -0.15) is 0 Å². The number of amides is 1. The van der Waals surface area contributed by atoms with E-state index >= 15 is 0 Å². The van der Waals surface area contributed by atoms with E-state index < -0.39 is 0 Å². The molecular formula is C12H21N3O. The molecule has 4 fully saturated rings. The predicted molar refractivity (Wildman–Crippen MR) is 62.2 cm³/mol. The maximum atomic E-state index is 11.4. The SMILES string of the molecule is CC(=O)N1C2CC1CN(C1CCNCC1)C2. The lowest BCUT2D eigenvalue weighted by Crippen LogP contribution is -2.71. The number of fused-ring (bicyclic) bond motifs is 2. The maximum absolute atomic E-state index is 11.4. The molecule has 16 heavy (non-hydrogen) atoms. The van der Waals surface area contributed by atoms with Gasteiger partial charge in [-0.1, -0.05) is 0 Å². The Morgan fingerprint density at radius 3 is 2.31 bits per heavy atom. The van der Waals surface area contributed by atoms with E-state index in [0.29, 0.717) is 12.1 Å². The lowest BCUT2D eigenvalue weighted by molar-refractivity contribution is -0.153. The van der Waals surface area contributed by atoms with E-state index in [9.17, 15) is 4.79 Å². The van der Waals surface area contributed by atoms with E-state index in [-0.39, 0.29) is 5.91 Å². The van der Waals surface area contributed by atoms with Gasteiger partial charge in [0.05, 0.1) is 0 Å². The van der Waals surface area contributed by atoms with E-state index in [4.69, 9.17) is 0 Å². The second-order valence-corrected chi connectivity index (χ2v) is 5.40. The van der Waals surface area contributed by atoms with Gasteiger partial charge in [0.25, 0.3) is 0 Å². The predicted octanol–water partition coefficient (Wildman–Crippen LogP) is 0.0434. The van der Waals surface area contributed by atoms with Crippen molar-refractivity contribution in [1.29, 1.82) is 0 Å². The monoisotopic (exact) mass is 223 g/mol. The molecule has 4 saturated heterocycles. The van der Waals surface area contributed by atoms with Crippen LogP contribution in [0.4, 0.5) is 0 Å². The molecular weight excluding hydrogens is 202 g/mol. The quantitative estimate of drug-likeness (QED) is 0.682. The molecule has 90 valence electrons. The van der Waals surface area contributed by atoms with E-state index in [2.05, 4.69) is 15.1 Å². The molecule has 2 atom stereocenters. The molecule has 0 saturated carbocycles. The zero-order chi connectivity index (χ0) is 11.1. The molecule has 2 unspecified atom stereocenters. The van der Waals surface area contributed by atoms with Crippen LogP contribution in [0.3, 0.4) is 0 Å². The van der Waals surface area contributed by atoms with Crippen molar-refractivity contribution in [1.82, 2.24) is 15.1 Å². The van der Waals surface area contributed by atoms with Crippen molar-refractivity contribution in [2.75, 3.05) is 26.2 Å². The smallest absolute Gasteiger partial charge is 0.220 e. The van der Waals surface area contributed by atoms with E-state index in [1.54, 1.807) is 6.92 Å². The molecule has 4 aliphatic rings. The second-order valence-electron chi connectivity index (χ2n) is 5.40. The fraction of sp³-hybridized carbons (Fsp3) is 0.917. The van der Waals surface area contributed by atoms with Gasteiger partial charge in [0.15, 0.2) is 0 Å². The fourth-order valence-electron chi connectivity index (χ4n) is 3.63. The first kappa shape index (κ1) is 10.5. The van der Waals surface area contributed by atoms with Crippen LogP contribution in [0.5, 0.6) is 0 Å². The Morgan fingerprint density at radius 1 is 1.12 bits per heavy atom. The Morgan fingerprint density at radius 2 is 1.75 bits per heavy atom. The van der Waals surface area contributed by atoms with E-state index in [1.165, 1.54) is 19.3 Å². The number of nitrogens with zero attached hydrogens (tertiary/aromatic N) is 2. The molecule has 4 heteroatoms. The first-order chi connectivity index (χ1) is 7.75. The largest absolute Gasteiger partial charge is 0.334 e. The van der Waals surface area contributed by atoms with Gasteiger partial charge in [0.2, 0.25) is 5.91 Å². The minimum atomic E-state index is 0.270. The summed E-state index contributed by atoms with van der Waals surface area (Å²) in [5.74, 6) is 0.270. The number of carbonyl (C=O) groups is 1. The highest BCUT2D eigenvalue weighted by Gasteiger charge is 2.47. The van der Waals surface area contributed by atoms with Crippen LogP contribution in [-0.4, -0.2) is 60.0 Å². The average molecular weight is 223 g/mol. The van der Waals surface area contributed by atoms with Crippen LogP contribution in [0.1, 0.15) is 26.2 Å². The van der Waals surface area contributed by atoms with Crippen LogP contribution in [0.25, 0.3) is 0 Å². The minimum Gasteiger partial charge on any atom is -0.334 e. The van der Waals surface area contributed by atoms with Crippen LogP contribution in [0, 0.1) is 0 Å². The minimum absolute atomic E-state index is 0.270. The van der Waals surface area contributed by atoms with Crippen LogP contribution in [0.2, 0.25) is 0 Å². The molecule has 1 amide bonds. The highest BCUT2D eigenvalue weighted by atomic mass is 16.2. The van der Waals surface area contributed by atoms with Gasteiger partial charge in [0.1, 0.15) is 0 Å². The lowest BCUT2D eigenvalue weighted by Gasteiger charge is -2.58. The molecule has 0 aliphatic carbocycles. The highest BCUT2D eigenvalue weighted by molar-refractivity contribution is 5.75. The molecule has 4 nitrogen and oxygen atoms in total. The van der Waals surface area contributed by atoms with Crippen molar-refractivity contribution in [3.8, 4) is 0 Å². The third-order valence-corrected chi connectivity index (χ3v) is 4.41. The number of rotatable bonds is 1. The summed E-state index contributed by atoms with van der Waals surface area (Å²) in [4.78, 5) is 16.1. The summed E-state index contributed by atoms with van der Waals surface area (Å²) in [6.07, 6.45) is 3.79. The standard InChI is InChI=1S/C12H21N3O/c1-9(16)15-11-6-12(15)8-14(7-11)10-2-4-13-5-3-10/h10-13H,2-8H2,1H3. The van der Waals surface area contributed by atoms with Gasteiger partial charge in [-0.3, -0.25) is 9.69 Å². The third kappa shape index (κ3) is 1.64. The van der Waals surface area contributed by atoms with Crippen LogP contribution in [-0.2, 0) is 4.79 Å². The molecule has 0 aromatic rings. The first-order valence-corrected chi connectivity index (χ1v) is 6.49. The molecule has 0 spiro atoms. The van der Waals surface area contributed by atoms with Crippen molar-refractivity contribution in [3.05, 3.63) is 0 Å². The molecule has 2 bridgehead atoms. The van der Waals surface area contributed by atoms with Crippen LogP contribution in [0.15, 0.2) is 0 Å². The highest BCUT2D eigenvalue weighted by Crippen LogP contribution is 2.34. The number of hydrogen-bond donors (Lipinski definition) is 1. The van der Waals surface area contributed by atoms with Crippen LogP contribution >= 0.6 is 0 Å². The third-order valence-electron chi connectivity index (χ3n) is 4.41. The summed E-state index contributed by atoms with van der Waals surface area (Å²) < 4.78 is 0. The fourth-order valence-corrected chi connectivity index (χ4v) is 3.63. The molecule has 1 N–H and O–H groups in total. The number of nitrogens with one attached hydrogen (secondary N) is 1. The summed E-state index contributed by atoms with van der Waals surface area (Å²) >= 11 is 0. The zero-order valence-corrected chi connectivity index (χ0v) is 9.98. The van der Waals surface area contributed by atoms with Gasteiger partial charge < -0.3 is 10.2 Å². The topological polar surface area (TPSA) is 35.6 Å². The molecule has 0 aromatic heterocycles. The first-order valence-electron chi connectivity index (χ1n) is 6.49. The number of hydrogen-bond acceptors (Lipinski definition) is 3. The summed E-state index contributed by atoms with van der Waals surface area (Å²) in [7, 11) is 0. The van der Waals surface area contributed by atoms with Crippen LogP contribution < -0.4 is 5.32 Å². The summed E-state index contributed by atoms with van der Waals surface area (Å²) in [5.41, 5.74) is 0. The number of piperazine rings is 1. The van der Waals surface area contributed by atoms with Crippen molar-refractivity contribution >= 4 is 5.91 Å². The molecule has 4 aliphatic heterocycles. The Labute approximate surface area is 97.0 Å². The number of piperidine rings is 2. The van der Waals surface area contributed by atoms with E-state index in [1.807, 2.05) is 0 Å². The summed E-state index contributed by atoms with van der Waals surface area (Å²) in [6, 6.07) is 1.80. The van der Waals surface area contributed by atoms with E-state index in [0.717, 1.165) is 32.2 Å². The van der Waals surface area contributed by atoms with Crippen molar-refractivity contribution in [3.63, 3.8) is 0 Å². The van der Waals surface area contributed by atoms with Gasteiger partial charge in [-0.05, 0) is 32.4 Å². The van der Waals surface area contributed by atoms with Crippen molar-refractivity contribution in [2.45, 2.75) is 44.3 Å². The normalized spacial score (nSPS) is 35.9. The molecule has 4 rings (SSSR count). The summed E-state index contributed by atoms with van der Waals surface area (Å²) in [6.45, 7) is 6.25. The maximum Gasteiger partial charge on any atom is 0.220 e. The van der Waals surface area contributed by atoms with Gasteiger partial charge in [-0.15, -0.1) is 0 Å².